The van der Waals surface area contributed by atoms with Crippen LogP contribution in [0.1, 0.15) is 10.4 Å². The molecule has 0 aliphatic heterocycles. The number of nitrogens with one attached hydrogen (secondary N) is 2. The number of hydrogen-bond acceptors (Lipinski definition) is 4. The van der Waals surface area contributed by atoms with Gasteiger partial charge in [-0.1, -0.05) is 12.1 Å². The number of carbonyl (C=O) groups excluding carboxylic acids is 1. The summed E-state index contributed by atoms with van der Waals surface area (Å²) in [6, 6.07) is 8.67. The summed E-state index contributed by atoms with van der Waals surface area (Å²) in [5.74, 6) is -0.437. The van der Waals surface area contributed by atoms with Gasteiger partial charge in [0.05, 0.1) is 0 Å². The number of amides is 1. The Bertz CT molecular complexity index is 825. The molecule has 0 radical (unpaired) electrons. The second-order valence-electron chi connectivity index (χ2n) is 4.29. The minimum atomic E-state index is -0.437. The van der Waals surface area contributed by atoms with Gasteiger partial charge in [-0.3, -0.25) is 9.59 Å². The highest BCUT2D eigenvalue weighted by Gasteiger charge is 2.10. The van der Waals surface area contributed by atoms with Crippen LogP contribution in [0.4, 0.5) is 5.69 Å². The monoisotopic (exact) mass is 297 g/mol. The number of thiazole rings is 1. The van der Waals surface area contributed by atoms with Crippen molar-refractivity contribution in [1.82, 2.24) is 9.97 Å². The minimum absolute atomic E-state index is 0.0807. The average molecular weight is 297 g/mol. The van der Waals surface area contributed by atoms with Crippen molar-refractivity contribution in [3.8, 4) is 10.6 Å². The lowest BCUT2D eigenvalue weighted by Crippen LogP contribution is -2.20. The molecule has 0 spiro atoms. The van der Waals surface area contributed by atoms with Gasteiger partial charge in [-0.15, -0.1) is 11.3 Å². The third kappa shape index (κ3) is 2.90. The molecule has 3 rings (SSSR count). The van der Waals surface area contributed by atoms with E-state index in [2.05, 4.69) is 15.3 Å². The number of aromatic nitrogens is 2. The van der Waals surface area contributed by atoms with Crippen molar-refractivity contribution in [3.63, 3.8) is 0 Å². The van der Waals surface area contributed by atoms with Gasteiger partial charge in [0.2, 0.25) is 0 Å². The standard InChI is InChI=1S/C15H11N3O2S/c19-13-4-5-16-9-12(13)14(20)18-11-3-1-2-10(8-11)15-17-6-7-21-15/h1-9H,(H,16,19)(H,18,20). The van der Waals surface area contributed by atoms with Gasteiger partial charge in [-0.25, -0.2) is 4.98 Å². The Kier molecular flexibility index (Phi) is 3.61. The fourth-order valence-corrected chi connectivity index (χ4v) is 2.52. The molecule has 0 aliphatic rings. The number of hydrogen-bond donors (Lipinski definition) is 2. The first-order valence-electron chi connectivity index (χ1n) is 6.22. The van der Waals surface area contributed by atoms with Crippen molar-refractivity contribution >= 4 is 22.9 Å². The smallest absolute Gasteiger partial charge is 0.261 e. The lowest BCUT2D eigenvalue weighted by molar-refractivity contribution is 0.102. The molecule has 21 heavy (non-hydrogen) atoms. The van der Waals surface area contributed by atoms with Crippen molar-refractivity contribution in [2.24, 2.45) is 0 Å². The molecule has 2 aromatic heterocycles. The molecule has 1 amide bonds. The summed E-state index contributed by atoms with van der Waals surface area (Å²) >= 11 is 1.52. The zero-order chi connectivity index (χ0) is 14.7. The zero-order valence-electron chi connectivity index (χ0n) is 10.9. The van der Waals surface area contributed by atoms with Crippen LogP contribution in [-0.2, 0) is 0 Å². The summed E-state index contributed by atoms with van der Waals surface area (Å²) in [5, 5.41) is 5.49. The quantitative estimate of drug-likeness (QED) is 0.780. The van der Waals surface area contributed by atoms with Gasteiger partial charge in [-0.2, -0.15) is 0 Å². The Morgan fingerprint density at radius 2 is 2.19 bits per heavy atom. The van der Waals surface area contributed by atoms with Gasteiger partial charge in [0.15, 0.2) is 5.43 Å². The molecule has 2 N–H and O–H groups in total. The number of rotatable bonds is 3. The van der Waals surface area contributed by atoms with E-state index in [-0.39, 0.29) is 11.0 Å². The lowest BCUT2D eigenvalue weighted by Gasteiger charge is -2.06. The Labute approximate surface area is 124 Å². The number of anilines is 1. The molecule has 1 aromatic carbocycles. The van der Waals surface area contributed by atoms with Crippen LogP contribution in [0.2, 0.25) is 0 Å². The molecule has 0 aliphatic carbocycles. The first-order valence-corrected chi connectivity index (χ1v) is 7.10. The first kappa shape index (κ1) is 13.3. The van der Waals surface area contributed by atoms with Gasteiger partial charge in [0.1, 0.15) is 10.6 Å². The zero-order valence-corrected chi connectivity index (χ0v) is 11.7. The van der Waals surface area contributed by atoms with Crippen LogP contribution in [0.25, 0.3) is 10.6 Å². The molecule has 3 aromatic rings. The van der Waals surface area contributed by atoms with Crippen molar-refractivity contribution in [3.05, 3.63) is 70.1 Å². The van der Waals surface area contributed by atoms with E-state index >= 15 is 0 Å². The van der Waals surface area contributed by atoms with Gasteiger partial charge in [0, 0.05) is 41.3 Å². The number of benzene rings is 1. The number of pyridine rings is 1. The average Bonchev–Trinajstić information content (AvgIpc) is 3.02. The van der Waals surface area contributed by atoms with Crippen LogP contribution < -0.4 is 10.7 Å². The Morgan fingerprint density at radius 3 is 2.95 bits per heavy atom. The molecular weight excluding hydrogens is 286 g/mol. The van der Waals surface area contributed by atoms with Crippen LogP contribution in [0, 0.1) is 0 Å². The van der Waals surface area contributed by atoms with E-state index in [0.29, 0.717) is 5.69 Å². The minimum Gasteiger partial charge on any atom is -0.367 e. The maximum atomic E-state index is 12.1. The third-order valence-electron chi connectivity index (χ3n) is 2.87. The summed E-state index contributed by atoms with van der Waals surface area (Å²) in [7, 11) is 0. The Balaban J connectivity index is 1.86. The van der Waals surface area contributed by atoms with E-state index in [1.54, 1.807) is 12.3 Å². The van der Waals surface area contributed by atoms with E-state index in [1.165, 1.54) is 29.8 Å². The summed E-state index contributed by atoms with van der Waals surface area (Å²) in [4.78, 5) is 30.7. The maximum Gasteiger partial charge on any atom is 0.261 e. The largest absolute Gasteiger partial charge is 0.367 e. The predicted octanol–water partition coefficient (Wildman–Crippen LogP) is 2.75. The summed E-state index contributed by atoms with van der Waals surface area (Å²) in [5.41, 5.74) is 1.31. The number of aromatic amines is 1. The molecule has 0 fully saturated rings. The summed E-state index contributed by atoms with van der Waals surface area (Å²) < 4.78 is 0. The van der Waals surface area contributed by atoms with E-state index in [1.807, 2.05) is 23.6 Å². The third-order valence-corrected chi connectivity index (χ3v) is 3.69. The highest BCUT2D eigenvalue weighted by Crippen LogP contribution is 2.24. The van der Waals surface area contributed by atoms with Gasteiger partial charge in [-0.05, 0) is 12.1 Å². The highest BCUT2D eigenvalue weighted by atomic mass is 32.1. The molecule has 0 saturated carbocycles. The van der Waals surface area contributed by atoms with E-state index in [4.69, 9.17) is 0 Å². The van der Waals surface area contributed by atoms with Crippen molar-refractivity contribution < 1.29 is 4.79 Å². The van der Waals surface area contributed by atoms with Crippen LogP contribution in [0.3, 0.4) is 0 Å². The van der Waals surface area contributed by atoms with Crippen LogP contribution >= 0.6 is 11.3 Å². The summed E-state index contributed by atoms with van der Waals surface area (Å²) in [6.07, 6.45) is 4.61. The molecule has 0 saturated heterocycles. The normalized spacial score (nSPS) is 10.3. The van der Waals surface area contributed by atoms with Gasteiger partial charge < -0.3 is 10.3 Å². The molecule has 2 heterocycles. The second-order valence-corrected chi connectivity index (χ2v) is 5.19. The number of carbonyl (C=O) groups is 1. The maximum absolute atomic E-state index is 12.1. The van der Waals surface area contributed by atoms with E-state index in [9.17, 15) is 9.59 Å². The van der Waals surface area contributed by atoms with E-state index in [0.717, 1.165) is 10.6 Å². The first-order chi connectivity index (χ1) is 10.2. The number of H-pyrrole nitrogens is 1. The van der Waals surface area contributed by atoms with Crippen LogP contribution in [0.15, 0.2) is 59.1 Å². The molecule has 0 atom stereocenters. The van der Waals surface area contributed by atoms with Crippen LogP contribution in [0.5, 0.6) is 0 Å². The highest BCUT2D eigenvalue weighted by molar-refractivity contribution is 7.13. The Hall–Kier alpha value is -2.73. The molecule has 0 unspecified atom stereocenters. The molecule has 5 nitrogen and oxygen atoms in total. The summed E-state index contributed by atoms with van der Waals surface area (Å²) in [6.45, 7) is 0. The van der Waals surface area contributed by atoms with E-state index < -0.39 is 5.91 Å². The van der Waals surface area contributed by atoms with Crippen LogP contribution in [-0.4, -0.2) is 15.9 Å². The molecular formula is C15H11N3O2S. The van der Waals surface area contributed by atoms with Gasteiger partial charge >= 0.3 is 0 Å². The lowest BCUT2D eigenvalue weighted by atomic mass is 10.2. The second kappa shape index (κ2) is 5.72. The predicted molar refractivity (Wildman–Crippen MR) is 82.6 cm³/mol. The van der Waals surface area contributed by atoms with Crippen molar-refractivity contribution in [2.75, 3.05) is 5.32 Å². The fourth-order valence-electron chi connectivity index (χ4n) is 1.89. The fraction of sp³-hybridized carbons (Fsp3) is 0. The SMILES string of the molecule is O=C(Nc1cccc(-c2nccs2)c1)c1c[nH]ccc1=O. The van der Waals surface area contributed by atoms with Gasteiger partial charge in [0.25, 0.3) is 5.91 Å². The number of nitrogens with zero attached hydrogens (tertiary/aromatic N) is 1. The Morgan fingerprint density at radius 1 is 1.29 bits per heavy atom. The van der Waals surface area contributed by atoms with Crippen molar-refractivity contribution in [2.45, 2.75) is 0 Å². The molecule has 104 valence electrons. The molecule has 0 bridgehead atoms. The topological polar surface area (TPSA) is 74.8 Å². The molecule has 6 heteroatoms. The van der Waals surface area contributed by atoms with Crippen molar-refractivity contribution in [1.29, 1.82) is 0 Å².